The van der Waals surface area contributed by atoms with Crippen molar-refractivity contribution in [1.82, 2.24) is 15.0 Å². The zero-order chi connectivity index (χ0) is 19.9. The number of nitrogens with zero attached hydrogens (tertiary/aromatic N) is 4. The second-order valence-electron chi connectivity index (χ2n) is 6.51. The fraction of sp³-hybridized carbons (Fsp3) is 0.353. The molecule has 0 atom stereocenters. The van der Waals surface area contributed by atoms with Crippen molar-refractivity contribution < 1.29 is 30.5 Å². The number of rotatable bonds is 5. The average molecular weight is 559 g/mol. The van der Waals surface area contributed by atoms with Crippen LogP contribution >= 0.6 is 31.9 Å². The summed E-state index contributed by atoms with van der Waals surface area (Å²) in [5, 5.41) is 11.7. The molecular formula is C17H16Br2CoN4O4. The van der Waals surface area contributed by atoms with Crippen molar-refractivity contribution in [2.24, 2.45) is 0 Å². The molecule has 0 spiro atoms. The third-order valence-electron chi connectivity index (χ3n) is 3.87. The Hall–Kier alpha value is -1.56. The van der Waals surface area contributed by atoms with Gasteiger partial charge in [-0.3, -0.25) is 10.1 Å². The normalized spacial score (nSPS) is 11.1. The molecule has 0 amide bonds. The molecule has 0 unspecified atom stereocenters. The molecule has 0 saturated heterocycles. The molecule has 0 bridgehead atoms. The molecule has 1 radical (unpaired) electrons. The van der Waals surface area contributed by atoms with Gasteiger partial charge in [0.1, 0.15) is 32.9 Å². The summed E-state index contributed by atoms with van der Waals surface area (Å²) < 4.78 is 11.3. The quantitative estimate of drug-likeness (QED) is 0.276. The van der Waals surface area contributed by atoms with Gasteiger partial charge in [0.25, 0.3) is 0 Å². The van der Waals surface area contributed by atoms with Crippen LogP contribution in [-0.2, 0) is 16.8 Å². The van der Waals surface area contributed by atoms with E-state index in [1.807, 2.05) is 27.7 Å². The molecule has 3 aromatic rings. The Morgan fingerprint density at radius 2 is 1.29 bits per heavy atom. The van der Waals surface area contributed by atoms with Crippen molar-refractivity contribution in [3.8, 4) is 23.2 Å². The molecule has 3 aromatic heterocycles. The zero-order valence-electron chi connectivity index (χ0n) is 15.3. The molecular weight excluding hydrogens is 543 g/mol. The van der Waals surface area contributed by atoms with E-state index in [0.717, 1.165) is 11.4 Å². The standard InChI is InChI=1S/C17H16Br2N4O4.Co/c1-7(2)9-5-26-16(20-9)13-11(18)15(23(24)25)12(19)14(22-13)17-21-10(6-27-17)8(3)4;/h5-8H,1-4H3;. The van der Waals surface area contributed by atoms with Gasteiger partial charge in [0.2, 0.25) is 11.8 Å². The van der Waals surface area contributed by atoms with E-state index in [1.165, 1.54) is 12.5 Å². The molecule has 8 nitrogen and oxygen atoms in total. The molecule has 11 heteroatoms. The summed E-state index contributed by atoms with van der Waals surface area (Å²) in [5.41, 5.74) is 1.66. The summed E-state index contributed by atoms with van der Waals surface area (Å²) in [6.07, 6.45) is 3.04. The minimum absolute atomic E-state index is 0. The van der Waals surface area contributed by atoms with Crippen LogP contribution in [0.5, 0.6) is 0 Å². The van der Waals surface area contributed by atoms with Crippen LogP contribution in [0.4, 0.5) is 5.69 Å². The van der Waals surface area contributed by atoms with Gasteiger partial charge >= 0.3 is 5.69 Å². The van der Waals surface area contributed by atoms with Crippen LogP contribution in [0.2, 0.25) is 0 Å². The first-order valence-electron chi connectivity index (χ1n) is 8.15. The van der Waals surface area contributed by atoms with Gasteiger partial charge in [-0.1, -0.05) is 27.7 Å². The zero-order valence-corrected chi connectivity index (χ0v) is 19.5. The van der Waals surface area contributed by atoms with Crippen LogP contribution in [0.25, 0.3) is 23.2 Å². The van der Waals surface area contributed by atoms with E-state index in [1.54, 1.807) is 0 Å². The summed E-state index contributed by atoms with van der Waals surface area (Å²) in [6.45, 7) is 7.89. The summed E-state index contributed by atoms with van der Waals surface area (Å²) in [4.78, 5) is 24.4. The molecule has 0 aromatic carbocycles. The molecule has 3 heterocycles. The Bertz CT molecular complexity index is 946. The Labute approximate surface area is 188 Å². The summed E-state index contributed by atoms with van der Waals surface area (Å²) in [6, 6.07) is 0. The molecule has 0 aliphatic carbocycles. The van der Waals surface area contributed by atoms with Crippen molar-refractivity contribution >= 4 is 37.5 Å². The first-order valence-corrected chi connectivity index (χ1v) is 9.74. The predicted molar refractivity (Wildman–Crippen MR) is 105 cm³/mol. The van der Waals surface area contributed by atoms with Crippen LogP contribution < -0.4 is 0 Å². The Kier molecular flexibility index (Phi) is 7.18. The van der Waals surface area contributed by atoms with Crippen LogP contribution in [0.15, 0.2) is 30.3 Å². The van der Waals surface area contributed by atoms with Crippen molar-refractivity contribution in [3.63, 3.8) is 0 Å². The number of oxazole rings is 2. The van der Waals surface area contributed by atoms with Gasteiger partial charge in [-0.15, -0.1) is 0 Å². The molecule has 28 heavy (non-hydrogen) atoms. The number of pyridine rings is 1. The Morgan fingerprint density at radius 1 is 0.893 bits per heavy atom. The number of hydrogen-bond acceptors (Lipinski definition) is 7. The molecule has 151 valence electrons. The Balaban J connectivity index is 0.00000280. The molecule has 3 rings (SSSR count). The summed E-state index contributed by atoms with van der Waals surface area (Å²) in [5.74, 6) is 0.647. The van der Waals surface area contributed by atoms with Gasteiger partial charge in [-0.2, -0.15) is 0 Å². The van der Waals surface area contributed by atoms with Gasteiger partial charge < -0.3 is 8.83 Å². The second kappa shape index (κ2) is 8.85. The van der Waals surface area contributed by atoms with Gasteiger partial charge in [0, 0.05) is 16.8 Å². The third-order valence-corrected chi connectivity index (χ3v) is 5.37. The van der Waals surface area contributed by atoms with Gasteiger partial charge in [-0.25, -0.2) is 15.0 Å². The largest absolute Gasteiger partial charge is 0.443 e. The monoisotopic (exact) mass is 557 g/mol. The fourth-order valence-electron chi connectivity index (χ4n) is 2.29. The maximum atomic E-state index is 11.7. The van der Waals surface area contributed by atoms with Crippen LogP contribution in [-0.4, -0.2) is 19.9 Å². The fourth-order valence-corrected chi connectivity index (χ4v) is 3.76. The first kappa shape index (κ1) is 22.7. The minimum Gasteiger partial charge on any atom is -0.443 e. The molecule has 0 aliphatic rings. The van der Waals surface area contributed by atoms with Gasteiger partial charge in [0.15, 0.2) is 0 Å². The maximum Gasteiger partial charge on any atom is 0.302 e. The van der Waals surface area contributed by atoms with Crippen molar-refractivity contribution in [2.75, 3.05) is 0 Å². The number of halogens is 2. The van der Waals surface area contributed by atoms with E-state index in [2.05, 4.69) is 46.8 Å². The molecule has 0 fully saturated rings. The van der Waals surface area contributed by atoms with Crippen molar-refractivity contribution in [3.05, 3.63) is 43.0 Å². The van der Waals surface area contributed by atoms with E-state index in [-0.39, 0.29) is 66.4 Å². The topological polar surface area (TPSA) is 108 Å². The van der Waals surface area contributed by atoms with E-state index < -0.39 is 4.92 Å². The number of hydrogen-bond donors (Lipinski definition) is 0. The SMILES string of the molecule is CC(C)c1coc(-c2nc(-c3nc(C(C)C)co3)c(Br)c([N+](=O)[O-])c2Br)n1.[Co]. The average Bonchev–Trinajstić information content (AvgIpc) is 3.24. The number of aromatic nitrogens is 3. The van der Waals surface area contributed by atoms with E-state index in [4.69, 9.17) is 8.83 Å². The van der Waals surface area contributed by atoms with Crippen LogP contribution in [0, 0.1) is 10.1 Å². The van der Waals surface area contributed by atoms with Crippen molar-refractivity contribution in [1.29, 1.82) is 0 Å². The Morgan fingerprint density at radius 3 is 1.57 bits per heavy atom. The molecule has 0 N–H and O–H groups in total. The number of nitro groups is 1. The molecule has 0 saturated carbocycles. The van der Waals surface area contributed by atoms with Crippen LogP contribution in [0.1, 0.15) is 50.9 Å². The minimum atomic E-state index is -0.512. The van der Waals surface area contributed by atoms with E-state index >= 15 is 0 Å². The summed E-state index contributed by atoms with van der Waals surface area (Å²) in [7, 11) is 0. The molecule has 0 aliphatic heterocycles. The van der Waals surface area contributed by atoms with Crippen molar-refractivity contribution in [2.45, 2.75) is 39.5 Å². The smallest absolute Gasteiger partial charge is 0.302 e. The first-order chi connectivity index (χ1) is 12.7. The van der Waals surface area contributed by atoms with Crippen LogP contribution in [0.3, 0.4) is 0 Å². The van der Waals surface area contributed by atoms with Gasteiger partial charge in [-0.05, 0) is 43.7 Å². The predicted octanol–water partition coefficient (Wildman–Crippen LogP) is 6.07. The second-order valence-corrected chi connectivity index (χ2v) is 8.09. The third kappa shape index (κ3) is 4.21. The maximum absolute atomic E-state index is 11.7. The summed E-state index contributed by atoms with van der Waals surface area (Å²) >= 11 is 6.53. The van der Waals surface area contributed by atoms with Gasteiger partial charge in [0.05, 0.1) is 16.3 Å². The van der Waals surface area contributed by atoms with E-state index in [0.29, 0.717) is 0 Å². The van der Waals surface area contributed by atoms with E-state index in [9.17, 15) is 10.1 Å².